The first kappa shape index (κ1) is 16.8. The van der Waals surface area contributed by atoms with Crippen molar-refractivity contribution in [3.05, 3.63) is 91.1 Å². The molecule has 0 atom stereocenters. The van der Waals surface area contributed by atoms with E-state index in [-0.39, 0.29) is 0 Å². The lowest BCUT2D eigenvalue weighted by Crippen LogP contribution is -2.16. The van der Waals surface area contributed by atoms with Gasteiger partial charge in [0.25, 0.3) is 0 Å². The summed E-state index contributed by atoms with van der Waals surface area (Å²) in [5.74, 6) is 0. The van der Waals surface area contributed by atoms with E-state index in [1.165, 1.54) is 11.1 Å². The molecule has 0 fully saturated rings. The fraction of sp³-hybridized carbons (Fsp3) is 0.130. The van der Waals surface area contributed by atoms with E-state index in [0.717, 1.165) is 29.2 Å². The maximum Gasteiger partial charge on any atom is 0.0644 e. The second-order valence-corrected chi connectivity index (χ2v) is 6.06. The number of para-hydroxylation sites is 2. The van der Waals surface area contributed by atoms with Gasteiger partial charge < -0.3 is 10.2 Å². The molecule has 0 saturated carbocycles. The number of hydrogen-bond donors (Lipinski definition) is 1. The van der Waals surface area contributed by atoms with Gasteiger partial charge in [-0.25, -0.2) is 0 Å². The van der Waals surface area contributed by atoms with Crippen LogP contribution in [0, 0.1) is 0 Å². The molecule has 3 rings (SSSR count). The zero-order chi connectivity index (χ0) is 17.6. The van der Waals surface area contributed by atoms with Crippen LogP contribution in [-0.4, -0.2) is 7.05 Å². The van der Waals surface area contributed by atoms with Gasteiger partial charge in [-0.2, -0.15) is 0 Å². The Labute approximate surface area is 150 Å². The van der Waals surface area contributed by atoms with Crippen LogP contribution >= 0.6 is 0 Å². The quantitative estimate of drug-likeness (QED) is 0.559. The molecular formula is C23H24N2. The zero-order valence-electron chi connectivity index (χ0n) is 14.9. The molecule has 0 spiro atoms. The third-order valence-electron chi connectivity index (χ3n) is 4.42. The molecule has 126 valence electrons. The lowest BCUT2D eigenvalue weighted by molar-refractivity contribution is 0.986. The van der Waals surface area contributed by atoms with Crippen molar-refractivity contribution in [2.75, 3.05) is 17.3 Å². The van der Waals surface area contributed by atoms with Gasteiger partial charge in [0.05, 0.1) is 11.4 Å². The summed E-state index contributed by atoms with van der Waals surface area (Å²) in [7, 11) is 2.06. The van der Waals surface area contributed by atoms with Crippen LogP contribution in [0.25, 0.3) is 11.1 Å². The standard InChI is InChI=1S/C23H24N2/c1-4-18(2)25(3)23-13-9-8-12-22(23)24-21-16-14-20(15-17-21)19-10-6-5-7-11-19/h5-17,24H,2,4H2,1,3H3. The van der Waals surface area contributed by atoms with Crippen LogP contribution in [0.1, 0.15) is 13.3 Å². The minimum Gasteiger partial charge on any atom is -0.354 e. The molecule has 2 nitrogen and oxygen atoms in total. The number of allylic oxidation sites excluding steroid dienone is 1. The van der Waals surface area contributed by atoms with Crippen molar-refractivity contribution in [3.63, 3.8) is 0 Å². The molecule has 0 aliphatic rings. The van der Waals surface area contributed by atoms with Crippen LogP contribution in [0.2, 0.25) is 0 Å². The first-order valence-electron chi connectivity index (χ1n) is 8.62. The number of rotatable bonds is 6. The highest BCUT2D eigenvalue weighted by Gasteiger charge is 2.09. The minimum absolute atomic E-state index is 0.927. The predicted molar refractivity (Wildman–Crippen MR) is 109 cm³/mol. The summed E-state index contributed by atoms with van der Waals surface area (Å²) < 4.78 is 0. The van der Waals surface area contributed by atoms with Gasteiger partial charge in [-0.05, 0) is 41.8 Å². The molecule has 0 amide bonds. The van der Waals surface area contributed by atoms with E-state index in [1.54, 1.807) is 0 Å². The molecule has 1 N–H and O–H groups in total. The maximum absolute atomic E-state index is 4.14. The van der Waals surface area contributed by atoms with Gasteiger partial charge in [0, 0.05) is 18.4 Å². The van der Waals surface area contributed by atoms with E-state index in [9.17, 15) is 0 Å². The minimum atomic E-state index is 0.927. The Balaban J connectivity index is 1.82. The van der Waals surface area contributed by atoms with Gasteiger partial charge in [0.1, 0.15) is 0 Å². The summed E-state index contributed by atoms with van der Waals surface area (Å²) in [4.78, 5) is 2.14. The molecule has 3 aromatic carbocycles. The van der Waals surface area contributed by atoms with Crippen LogP contribution in [0.5, 0.6) is 0 Å². The summed E-state index contributed by atoms with van der Waals surface area (Å²) in [5.41, 5.74) is 6.81. The number of nitrogens with zero attached hydrogens (tertiary/aromatic N) is 1. The van der Waals surface area contributed by atoms with Crippen LogP contribution in [0.4, 0.5) is 17.1 Å². The molecule has 0 bridgehead atoms. The second-order valence-electron chi connectivity index (χ2n) is 6.06. The number of benzene rings is 3. The van der Waals surface area contributed by atoms with Gasteiger partial charge in [0.15, 0.2) is 0 Å². The molecule has 0 unspecified atom stereocenters. The van der Waals surface area contributed by atoms with Crippen LogP contribution in [-0.2, 0) is 0 Å². The molecule has 3 aromatic rings. The number of nitrogens with one attached hydrogen (secondary N) is 1. The number of anilines is 3. The second kappa shape index (κ2) is 7.71. The van der Waals surface area contributed by atoms with Crippen molar-refractivity contribution in [1.29, 1.82) is 0 Å². The molecule has 0 aliphatic heterocycles. The Morgan fingerprint density at radius 1 is 0.840 bits per heavy atom. The number of hydrogen-bond acceptors (Lipinski definition) is 2. The monoisotopic (exact) mass is 328 g/mol. The normalized spacial score (nSPS) is 10.3. The molecule has 25 heavy (non-hydrogen) atoms. The van der Waals surface area contributed by atoms with Crippen molar-refractivity contribution in [2.24, 2.45) is 0 Å². The fourth-order valence-electron chi connectivity index (χ4n) is 2.81. The first-order chi connectivity index (χ1) is 12.2. The van der Waals surface area contributed by atoms with E-state index >= 15 is 0 Å². The molecule has 0 aliphatic carbocycles. The Hall–Kier alpha value is -3.00. The lowest BCUT2D eigenvalue weighted by atomic mass is 10.1. The van der Waals surface area contributed by atoms with Crippen molar-refractivity contribution in [2.45, 2.75) is 13.3 Å². The van der Waals surface area contributed by atoms with Crippen LogP contribution in [0.15, 0.2) is 91.1 Å². The molecule has 0 radical (unpaired) electrons. The van der Waals surface area contributed by atoms with Crippen molar-refractivity contribution < 1.29 is 0 Å². The van der Waals surface area contributed by atoms with E-state index in [2.05, 4.69) is 97.5 Å². The van der Waals surface area contributed by atoms with E-state index in [0.29, 0.717) is 0 Å². The maximum atomic E-state index is 4.14. The van der Waals surface area contributed by atoms with Gasteiger partial charge in [-0.3, -0.25) is 0 Å². The third-order valence-corrected chi connectivity index (χ3v) is 4.42. The van der Waals surface area contributed by atoms with Crippen LogP contribution in [0.3, 0.4) is 0 Å². The topological polar surface area (TPSA) is 15.3 Å². The lowest BCUT2D eigenvalue weighted by Gasteiger charge is -2.24. The molecule has 0 heterocycles. The predicted octanol–water partition coefficient (Wildman–Crippen LogP) is 6.46. The summed E-state index contributed by atoms with van der Waals surface area (Å²) >= 11 is 0. The van der Waals surface area contributed by atoms with Gasteiger partial charge in [-0.1, -0.05) is 68.1 Å². The highest BCUT2D eigenvalue weighted by Crippen LogP contribution is 2.31. The fourth-order valence-corrected chi connectivity index (χ4v) is 2.81. The summed E-state index contributed by atoms with van der Waals surface area (Å²) in [5, 5.41) is 3.53. The van der Waals surface area contributed by atoms with E-state index < -0.39 is 0 Å². The molecule has 0 saturated heterocycles. The third kappa shape index (κ3) is 3.92. The Kier molecular flexibility index (Phi) is 5.20. The van der Waals surface area contributed by atoms with E-state index in [1.807, 2.05) is 12.1 Å². The van der Waals surface area contributed by atoms with Crippen molar-refractivity contribution in [3.8, 4) is 11.1 Å². The summed E-state index contributed by atoms with van der Waals surface area (Å²) in [6, 6.07) is 27.3. The van der Waals surface area contributed by atoms with Gasteiger partial charge in [0.2, 0.25) is 0 Å². The average molecular weight is 328 g/mol. The zero-order valence-corrected chi connectivity index (χ0v) is 14.9. The van der Waals surface area contributed by atoms with E-state index in [4.69, 9.17) is 0 Å². The Morgan fingerprint density at radius 2 is 1.44 bits per heavy atom. The molecule has 0 aromatic heterocycles. The largest absolute Gasteiger partial charge is 0.354 e. The molecule has 2 heteroatoms. The molecular weight excluding hydrogens is 304 g/mol. The first-order valence-corrected chi connectivity index (χ1v) is 8.62. The SMILES string of the molecule is C=C(CC)N(C)c1ccccc1Nc1ccc(-c2ccccc2)cc1. The smallest absolute Gasteiger partial charge is 0.0644 e. The highest BCUT2D eigenvalue weighted by molar-refractivity contribution is 5.77. The van der Waals surface area contributed by atoms with Gasteiger partial charge in [-0.15, -0.1) is 0 Å². The Bertz CT molecular complexity index is 835. The van der Waals surface area contributed by atoms with Gasteiger partial charge >= 0.3 is 0 Å². The van der Waals surface area contributed by atoms with Crippen molar-refractivity contribution in [1.82, 2.24) is 0 Å². The average Bonchev–Trinajstić information content (AvgIpc) is 2.68. The summed E-state index contributed by atoms with van der Waals surface area (Å²) in [6.07, 6.45) is 0.927. The van der Waals surface area contributed by atoms with Crippen LogP contribution < -0.4 is 10.2 Å². The highest BCUT2D eigenvalue weighted by atomic mass is 15.1. The van der Waals surface area contributed by atoms with Crippen molar-refractivity contribution >= 4 is 17.1 Å². The Morgan fingerprint density at radius 3 is 2.12 bits per heavy atom. The summed E-state index contributed by atoms with van der Waals surface area (Å²) in [6.45, 7) is 6.26.